The number of para-hydroxylation sites is 1. The number of carbonyl (C=O) groups is 1. The van der Waals surface area contributed by atoms with Crippen molar-refractivity contribution in [2.24, 2.45) is 0 Å². The molecule has 0 bridgehead atoms. The van der Waals surface area contributed by atoms with Gasteiger partial charge in [0.05, 0.1) is 11.1 Å². The molecular formula is C14H17N3OS. The van der Waals surface area contributed by atoms with E-state index in [2.05, 4.69) is 15.6 Å². The Kier molecular flexibility index (Phi) is 4.63. The highest BCUT2D eigenvalue weighted by Crippen LogP contribution is 2.20. The first-order valence-electron chi connectivity index (χ1n) is 6.11. The maximum atomic E-state index is 12.2. The van der Waals surface area contributed by atoms with Gasteiger partial charge in [0, 0.05) is 24.7 Å². The minimum absolute atomic E-state index is 0.0517. The minimum Gasteiger partial charge on any atom is -0.373 e. The van der Waals surface area contributed by atoms with Gasteiger partial charge in [-0.25, -0.2) is 4.98 Å². The Hall–Kier alpha value is -1.75. The molecule has 2 aromatic rings. The van der Waals surface area contributed by atoms with Gasteiger partial charge in [-0.05, 0) is 18.4 Å². The molecule has 0 unspecified atom stereocenters. The number of hydrogen-bond acceptors (Lipinski definition) is 4. The highest BCUT2D eigenvalue weighted by molar-refractivity contribution is 7.98. The summed E-state index contributed by atoms with van der Waals surface area (Å²) in [5.74, 6) is 1.56. The summed E-state index contributed by atoms with van der Waals surface area (Å²) in [6.07, 6.45) is 2.02. The molecule has 0 aliphatic rings. The molecule has 0 aliphatic heterocycles. The average Bonchev–Trinajstić information content (AvgIpc) is 2.46. The number of fused-ring (bicyclic) bond motifs is 1. The van der Waals surface area contributed by atoms with E-state index in [9.17, 15) is 4.79 Å². The van der Waals surface area contributed by atoms with Crippen molar-refractivity contribution < 1.29 is 4.79 Å². The van der Waals surface area contributed by atoms with Crippen molar-refractivity contribution in [1.29, 1.82) is 0 Å². The van der Waals surface area contributed by atoms with Crippen LogP contribution in [0.3, 0.4) is 0 Å². The third kappa shape index (κ3) is 3.17. The number of hydrogen-bond donors (Lipinski definition) is 2. The highest BCUT2D eigenvalue weighted by Gasteiger charge is 2.11. The zero-order valence-corrected chi connectivity index (χ0v) is 11.9. The maximum Gasteiger partial charge on any atom is 0.252 e. The van der Waals surface area contributed by atoms with Gasteiger partial charge < -0.3 is 10.6 Å². The van der Waals surface area contributed by atoms with E-state index >= 15 is 0 Å². The Balaban J connectivity index is 2.37. The van der Waals surface area contributed by atoms with Crippen molar-refractivity contribution in [3.63, 3.8) is 0 Å². The van der Waals surface area contributed by atoms with Gasteiger partial charge in [-0.3, -0.25) is 4.79 Å². The summed E-state index contributed by atoms with van der Waals surface area (Å²) < 4.78 is 0. The Labute approximate surface area is 117 Å². The molecule has 19 heavy (non-hydrogen) atoms. The maximum absolute atomic E-state index is 12.2. The number of benzene rings is 1. The molecule has 0 radical (unpaired) electrons. The van der Waals surface area contributed by atoms with Gasteiger partial charge >= 0.3 is 0 Å². The number of rotatable bonds is 5. The molecule has 0 aliphatic carbocycles. The first-order chi connectivity index (χ1) is 9.26. The second-order valence-electron chi connectivity index (χ2n) is 4.07. The Morgan fingerprint density at radius 1 is 1.37 bits per heavy atom. The molecular weight excluding hydrogens is 258 g/mol. The van der Waals surface area contributed by atoms with Gasteiger partial charge in [0.15, 0.2) is 0 Å². The van der Waals surface area contributed by atoms with Crippen molar-refractivity contribution >= 4 is 34.4 Å². The molecule has 0 spiro atoms. The molecule has 1 aromatic carbocycles. The van der Waals surface area contributed by atoms with Crippen molar-refractivity contribution in [3.8, 4) is 0 Å². The molecule has 0 atom stereocenters. The van der Waals surface area contributed by atoms with Crippen molar-refractivity contribution in [3.05, 3.63) is 35.9 Å². The largest absolute Gasteiger partial charge is 0.373 e. The van der Waals surface area contributed by atoms with Crippen molar-refractivity contribution in [1.82, 2.24) is 10.3 Å². The van der Waals surface area contributed by atoms with E-state index in [0.717, 1.165) is 16.7 Å². The minimum atomic E-state index is -0.0517. The number of carbonyl (C=O) groups excluding carboxylic acids is 1. The number of thioether (sulfide) groups is 1. The number of nitrogens with zero attached hydrogens (tertiary/aromatic N) is 1. The normalized spacial score (nSPS) is 10.4. The zero-order valence-electron chi connectivity index (χ0n) is 11.1. The van der Waals surface area contributed by atoms with E-state index in [1.54, 1.807) is 24.9 Å². The summed E-state index contributed by atoms with van der Waals surface area (Å²) in [6.45, 7) is 0.672. The van der Waals surface area contributed by atoms with Crippen LogP contribution >= 0.6 is 11.8 Å². The number of anilines is 1. The lowest BCUT2D eigenvalue weighted by atomic mass is 10.1. The number of amides is 1. The molecule has 1 amide bonds. The van der Waals surface area contributed by atoms with Gasteiger partial charge in [0.1, 0.15) is 5.82 Å². The van der Waals surface area contributed by atoms with Gasteiger partial charge in [0.2, 0.25) is 0 Å². The quantitative estimate of drug-likeness (QED) is 0.823. The number of nitrogens with one attached hydrogen (secondary N) is 2. The molecule has 0 fully saturated rings. The molecule has 2 N–H and O–H groups in total. The lowest BCUT2D eigenvalue weighted by Crippen LogP contribution is -2.26. The second kappa shape index (κ2) is 6.43. The Morgan fingerprint density at radius 3 is 2.89 bits per heavy atom. The standard InChI is InChI=1S/C14H17N3OS/c1-15-13-9-11(14(18)16-7-8-19-2)10-5-3-4-6-12(10)17-13/h3-6,9H,7-8H2,1-2H3,(H,15,17)(H,16,18). The fraction of sp³-hybridized carbons (Fsp3) is 0.286. The summed E-state index contributed by atoms with van der Waals surface area (Å²) in [5.41, 5.74) is 1.49. The number of aromatic nitrogens is 1. The molecule has 100 valence electrons. The van der Waals surface area contributed by atoms with E-state index in [0.29, 0.717) is 17.9 Å². The van der Waals surface area contributed by atoms with Crippen LogP contribution in [0.2, 0.25) is 0 Å². The van der Waals surface area contributed by atoms with E-state index in [1.807, 2.05) is 30.5 Å². The molecule has 1 aromatic heterocycles. The Morgan fingerprint density at radius 2 is 2.16 bits per heavy atom. The van der Waals surface area contributed by atoms with Crippen LogP contribution in [0, 0.1) is 0 Å². The molecule has 2 rings (SSSR count). The van der Waals surface area contributed by atoms with Gasteiger partial charge in [0.25, 0.3) is 5.91 Å². The summed E-state index contributed by atoms with van der Waals surface area (Å²) in [4.78, 5) is 16.7. The summed E-state index contributed by atoms with van der Waals surface area (Å²) >= 11 is 1.71. The lowest BCUT2D eigenvalue weighted by Gasteiger charge is -2.09. The fourth-order valence-electron chi connectivity index (χ4n) is 1.85. The highest BCUT2D eigenvalue weighted by atomic mass is 32.2. The average molecular weight is 275 g/mol. The lowest BCUT2D eigenvalue weighted by molar-refractivity contribution is 0.0958. The first kappa shape index (κ1) is 13.7. The molecule has 0 saturated heterocycles. The smallest absolute Gasteiger partial charge is 0.252 e. The zero-order chi connectivity index (χ0) is 13.7. The van der Waals surface area contributed by atoms with Crippen molar-refractivity contribution in [2.75, 3.05) is 30.9 Å². The van der Waals surface area contributed by atoms with Crippen LogP contribution in [0.1, 0.15) is 10.4 Å². The first-order valence-corrected chi connectivity index (χ1v) is 7.50. The van der Waals surface area contributed by atoms with Crippen LogP contribution < -0.4 is 10.6 Å². The molecule has 0 saturated carbocycles. The third-order valence-corrected chi connectivity index (χ3v) is 3.42. The van der Waals surface area contributed by atoms with Crippen LogP contribution in [0.15, 0.2) is 30.3 Å². The third-order valence-electron chi connectivity index (χ3n) is 2.81. The predicted molar refractivity (Wildman–Crippen MR) is 82.0 cm³/mol. The van der Waals surface area contributed by atoms with E-state index in [-0.39, 0.29) is 5.91 Å². The Bertz CT molecular complexity index is 586. The summed E-state index contributed by atoms with van der Waals surface area (Å²) in [6, 6.07) is 9.46. The van der Waals surface area contributed by atoms with Gasteiger partial charge in [-0.2, -0.15) is 11.8 Å². The van der Waals surface area contributed by atoms with E-state index in [4.69, 9.17) is 0 Å². The van der Waals surface area contributed by atoms with Crippen LogP contribution in [-0.4, -0.2) is 36.5 Å². The summed E-state index contributed by atoms with van der Waals surface area (Å²) in [5, 5.41) is 6.79. The fourth-order valence-corrected chi connectivity index (χ4v) is 2.16. The van der Waals surface area contributed by atoms with Crippen LogP contribution in [0.4, 0.5) is 5.82 Å². The number of pyridine rings is 1. The predicted octanol–water partition coefficient (Wildman–Crippen LogP) is 2.37. The van der Waals surface area contributed by atoms with Crippen LogP contribution in [-0.2, 0) is 0 Å². The molecule has 1 heterocycles. The molecule has 5 heteroatoms. The van der Waals surface area contributed by atoms with Crippen LogP contribution in [0.25, 0.3) is 10.9 Å². The topological polar surface area (TPSA) is 54.0 Å². The summed E-state index contributed by atoms with van der Waals surface area (Å²) in [7, 11) is 1.80. The van der Waals surface area contributed by atoms with E-state index in [1.165, 1.54) is 0 Å². The second-order valence-corrected chi connectivity index (χ2v) is 5.06. The SMILES string of the molecule is CNc1cc(C(=O)NCCSC)c2ccccc2n1. The molecule has 4 nitrogen and oxygen atoms in total. The van der Waals surface area contributed by atoms with Gasteiger partial charge in [-0.15, -0.1) is 0 Å². The van der Waals surface area contributed by atoms with Gasteiger partial charge in [-0.1, -0.05) is 18.2 Å². The monoisotopic (exact) mass is 275 g/mol. The van der Waals surface area contributed by atoms with Crippen LogP contribution in [0.5, 0.6) is 0 Å². The van der Waals surface area contributed by atoms with Crippen molar-refractivity contribution in [2.45, 2.75) is 0 Å². The van der Waals surface area contributed by atoms with E-state index < -0.39 is 0 Å².